The molecule has 0 saturated carbocycles. The van der Waals surface area contributed by atoms with E-state index >= 15 is 0 Å². The Bertz CT molecular complexity index is 386. The molecule has 2 saturated heterocycles. The van der Waals surface area contributed by atoms with Crippen LogP contribution in [0.1, 0.15) is 0 Å². The van der Waals surface area contributed by atoms with Crippen molar-refractivity contribution in [2.24, 2.45) is 11.5 Å². The highest BCUT2D eigenvalue weighted by Crippen LogP contribution is 2.27. The summed E-state index contributed by atoms with van der Waals surface area (Å²) in [5.74, 6) is 0. The number of ether oxygens (including phenoxy) is 3. The molecule has 0 aromatic carbocycles. The van der Waals surface area contributed by atoms with Crippen molar-refractivity contribution in [1.82, 2.24) is 0 Å². The summed E-state index contributed by atoms with van der Waals surface area (Å²) in [5, 5.41) is 57.7. The molecule has 0 aromatic heterocycles. The third-order valence-electron chi connectivity index (χ3n) is 4.14. The zero-order chi connectivity index (χ0) is 17.3. The van der Waals surface area contributed by atoms with Crippen LogP contribution in [-0.2, 0) is 14.2 Å². The van der Waals surface area contributed by atoms with Gasteiger partial charge in [0, 0.05) is 0 Å². The van der Waals surface area contributed by atoms with Crippen LogP contribution in [0.4, 0.5) is 0 Å². The fourth-order valence-electron chi connectivity index (χ4n) is 2.65. The van der Waals surface area contributed by atoms with E-state index in [9.17, 15) is 25.5 Å². The first-order chi connectivity index (χ1) is 10.8. The summed E-state index contributed by atoms with van der Waals surface area (Å²) in [6, 6.07) is -2.37. The van der Waals surface area contributed by atoms with Crippen LogP contribution in [0.25, 0.3) is 0 Å². The molecular weight excluding hydrogens is 316 g/mol. The molecule has 0 spiro atoms. The zero-order valence-corrected chi connectivity index (χ0v) is 12.3. The van der Waals surface area contributed by atoms with Crippen LogP contribution >= 0.6 is 0 Å². The highest BCUT2D eigenvalue weighted by Gasteiger charge is 2.49. The largest absolute Gasteiger partial charge is 0.394 e. The van der Waals surface area contributed by atoms with Crippen molar-refractivity contribution in [3.8, 4) is 0 Å². The second-order valence-electron chi connectivity index (χ2n) is 5.70. The number of aliphatic hydroxyl groups is 6. The average Bonchev–Trinajstić information content (AvgIpc) is 2.55. The third-order valence-corrected chi connectivity index (χ3v) is 4.14. The number of hydrogen-bond acceptors (Lipinski definition) is 11. The highest BCUT2D eigenvalue weighted by molar-refractivity contribution is 4.95. The van der Waals surface area contributed by atoms with Gasteiger partial charge in [0.15, 0.2) is 12.6 Å². The molecule has 2 rings (SSSR count). The van der Waals surface area contributed by atoms with Gasteiger partial charge >= 0.3 is 0 Å². The molecule has 10 N–H and O–H groups in total. The molecular formula is C12H24N2O9. The van der Waals surface area contributed by atoms with Crippen LogP contribution in [0.5, 0.6) is 0 Å². The van der Waals surface area contributed by atoms with Crippen molar-refractivity contribution in [3.63, 3.8) is 0 Å². The molecule has 0 aromatic rings. The van der Waals surface area contributed by atoms with Gasteiger partial charge in [-0.15, -0.1) is 0 Å². The second-order valence-corrected chi connectivity index (χ2v) is 5.70. The normalized spacial score (nSPS) is 51.7. The summed E-state index contributed by atoms with van der Waals surface area (Å²) >= 11 is 0. The Balaban J connectivity index is 2.11. The molecule has 0 aliphatic carbocycles. The number of aliphatic hydroxyl groups excluding tert-OH is 6. The van der Waals surface area contributed by atoms with Gasteiger partial charge in [0.2, 0.25) is 0 Å². The van der Waals surface area contributed by atoms with Crippen LogP contribution in [0.15, 0.2) is 0 Å². The first-order valence-corrected chi connectivity index (χ1v) is 7.23. The molecule has 136 valence electrons. The summed E-state index contributed by atoms with van der Waals surface area (Å²) in [7, 11) is 0. The molecule has 0 radical (unpaired) electrons. The number of hydrogen-bond donors (Lipinski definition) is 8. The van der Waals surface area contributed by atoms with Gasteiger partial charge in [-0.1, -0.05) is 0 Å². The Morgan fingerprint density at radius 3 is 1.96 bits per heavy atom. The maximum absolute atomic E-state index is 10.1. The number of rotatable bonds is 4. The maximum Gasteiger partial charge on any atom is 0.176 e. The van der Waals surface area contributed by atoms with E-state index in [0.29, 0.717) is 0 Å². The van der Waals surface area contributed by atoms with Crippen LogP contribution in [0.2, 0.25) is 0 Å². The van der Waals surface area contributed by atoms with Gasteiger partial charge in [-0.05, 0) is 0 Å². The Morgan fingerprint density at radius 1 is 0.783 bits per heavy atom. The maximum atomic E-state index is 10.1. The molecule has 10 atom stereocenters. The molecule has 5 unspecified atom stereocenters. The van der Waals surface area contributed by atoms with Gasteiger partial charge in [0.05, 0.1) is 25.3 Å². The topological polar surface area (TPSA) is 201 Å². The molecule has 23 heavy (non-hydrogen) atoms. The van der Waals surface area contributed by atoms with E-state index in [1.54, 1.807) is 0 Å². The molecule has 2 aliphatic heterocycles. The fourth-order valence-corrected chi connectivity index (χ4v) is 2.65. The smallest absolute Gasteiger partial charge is 0.176 e. The van der Waals surface area contributed by atoms with Crippen molar-refractivity contribution in [2.45, 2.75) is 61.3 Å². The van der Waals surface area contributed by atoms with Gasteiger partial charge < -0.3 is 56.3 Å². The standard InChI is InChI=1S/C12H24N2O9/c13-5-9(19)10(4(2-16)21-11(5)20)23-12-6(14)8(18)7(17)3(1-15)22-12/h3-12,15-20H,1-2,13-14H2/t3?,4?,5-,6+,7?,8?,9-,10?,11+,12-/m1/s1. The minimum Gasteiger partial charge on any atom is -0.394 e. The van der Waals surface area contributed by atoms with E-state index in [1.807, 2.05) is 0 Å². The summed E-state index contributed by atoms with van der Waals surface area (Å²) in [4.78, 5) is 0. The molecule has 2 heterocycles. The molecule has 11 nitrogen and oxygen atoms in total. The van der Waals surface area contributed by atoms with Gasteiger partial charge in [0.1, 0.15) is 36.6 Å². The molecule has 2 fully saturated rings. The molecule has 11 heteroatoms. The second kappa shape index (κ2) is 7.63. The van der Waals surface area contributed by atoms with Gasteiger partial charge in [-0.2, -0.15) is 0 Å². The molecule has 0 amide bonds. The lowest BCUT2D eigenvalue weighted by Crippen LogP contribution is -2.67. The Labute approximate surface area is 132 Å². The van der Waals surface area contributed by atoms with Crippen molar-refractivity contribution < 1.29 is 44.8 Å². The lowest BCUT2D eigenvalue weighted by atomic mass is 9.95. The number of nitrogens with two attached hydrogens (primary N) is 2. The van der Waals surface area contributed by atoms with E-state index in [-0.39, 0.29) is 0 Å². The van der Waals surface area contributed by atoms with Crippen molar-refractivity contribution in [3.05, 3.63) is 0 Å². The van der Waals surface area contributed by atoms with Crippen molar-refractivity contribution in [1.29, 1.82) is 0 Å². The summed E-state index contributed by atoms with van der Waals surface area (Å²) in [5.41, 5.74) is 11.3. The van der Waals surface area contributed by atoms with Crippen molar-refractivity contribution >= 4 is 0 Å². The van der Waals surface area contributed by atoms with Crippen LogP contribution in [-0.4, -0.2) is 105 Å². The van der Waals surface area contributed by atoms with E-state index in [1.165, 1.54) is 0 Å². The first kappa shape index (κ1) is 18.9. The lowest BCUT2D eigenvalue weighted by Gasteiger charge is -2.45. The quantitative estimate of drug-likeness (QED) is 0.242. The third kappa shape index (κ3) is 3.65. The van der Waals surface area contributed by atoms with Gasteiger partial charge in [0.25, 0.3) is 0 Å². The van der Waals surface area contributed by atoms with Crippen LogP contribution in [0, 0.1) is 0 Å². The average molecular weight is 340 g/mol. The fraction of sp³-hybridized carbons (Fsp3) is 1.00. The van der Waals surface area contributed by atoms with E-state index in [2.05, 4.69) is 0 Å². The van der Waals surface area contributed by atoms with Gasteiger partial charge in [-0.3, -0.25) is 0 Å². The summed E-state index contributed by atoms with van der Waals surface area (Å²) < 4.78 is 15.8. The zero-order valence-electron chi connectivity index (χ0n) is 12.3. The van der Waals surface area contributed by atoms with Crippen molar-refractivity contribution in [2.75, 3.05) is 13.2 Å². The molecule has 2 aliphatic rings. The SMILES string of the molecule is N[C@H]1[C@@H](O)OC(CO)C(O[C@H]2OC(CO)C(O)C(O)[C@@H]2N)[C@@H]1O. The van der Waals surface area contributed by atoms with Gasteiger partial charge in [-0.25, -0.2) is 0 Å². The van der Waals surface area contributed by atoms with Crippen LogP contribution in [0.3, 0.4) is 0 Å². The first-order valence-electron chi connectivity index (χ1n) is 7.23. The van der Waals surface area contributed by atoms with E-state index in [4.69, 9.17) is 30.8 Å². The summed E-state index contributed by atoms with van der Waals surface area (Å²) in [6.45, 7) is -1.17. The molecule has 0 bridgehead atoms. The minimum absolute atomic E-state index is 0.581. The van der Waals surface area contributed by atoms with E-state index in [0.717, 1.165) is 0 Å². The van der Waals surface area contributed by atoms with E-state index < -0.39 is 74.5 Å². The monoisotopic (exact) mass is 340 g/mol. The van der Waals surface area contributed by atoms with Crippen LogP contribution < -0.4 is 11.5 Å². The minimum atomic E-state index is -1.49. The lowest BCUT2D eigenvalue weighted by molar-refractivity contribution is -0.324. The Hall–Kier alpha value is -0.440. The Morgan fingerprint density at radius 2 is 1.39 bits per heavy atom. The Kier molecular flexibility index (Phi) is 6.27. The predicted octanol–water partition coefficient (Wildman–Crippen LogP) is -5.46. The highest BCUT2D eigenvalue weighted by atomic mass is 16.7. The summed E-state index contributed by atoms with van der Waals surface area (Å²) in [6.07, 6.45) is -10.5. The predicted molar refractivity (Wildman–Crippen MR) is 72.6 cm³/mol.